The van der Waals surface area contributed by atoms with Crippen LogP contribution in [-0.2, 0) is 9.47 Å². The summed E-state index contributed by atoms with van der Waals surface area (Å²) in [6.45, 7) is 6.26. The first-order valence-electron chi connectivity index (χ1n) is 27.5. The van der Waals surface area contributed by atoms with Crippen molar-refractivity contribution in [3.8, 4) is 0 Å². The van der Waals surface area contributed by atoms with Gasteiger partial charge in [0.2, 0.25) is 0 Å². The van der Waals surface area contributed by atoms with Crippen molar-refractivity contribution in [2.24, 2.45) is 0 Å². The molecule has 362 valence electrons. The minimum Gasteiger partial charge on any atom is -0.386 e. The van der Waals surface area contributed by atoms with Crippen molar-refractivity contribution in [3.05, 3.63) is 64.7 Å². The molecule has 0 aromatic heterocycles. The number of rotatable bonds is 35. The fraction of sp³-hybridized carbons (Fsp3) is 0.600. The Morgan fingerprint density at radius 2 is 0.612 bits per heavy atom. The molecule has 0 saturated heterocycles. The van der Waals surface area contributed by atoms with E-state index in [9.17, 15) is 19.2 Å². The third kappa shape index (κ3) is 12.8. The molecule has 0 N–H and O–H groups in total. The summed E-state index contributed by atoms with van der Waals surface area (Å²) in [6, 6.07) is 13.1. The fourth-order valence-electron chi connectivity index (χ4n) is 11.3. The lowest BCUT2D eigenvalue weighted by Gasteiger charge is -2.30. The average molecular weight is 912 g/mol. The van der Waals surface area contributed by atoms with Gasteiger partial charge in [0.05, 0.1) is 22.3 Å². The Bertz CT molecular complexity index is 2360. The predicted molar refractivity (Wildman–Crippen MR) is 278 cm³/mol. The quantitative estimate of drug-likeness (QED) is 0.0131. The lowest BCUT2D eigenvalue weighted by atomic mass is 9.82. The van der Waals surface area contributed by atoms with Gasteiger partial charge < -0.3 is 14.4 Å². The largest absolute Gasteiger partial charge is 0.386 e. The second kappa shape index (κ2) is 26.3. The number of cyclic esters (lactones) is 4. The topological polar surface area (TPSA) is 90.0 Å². The van der Waals surface area contributed by atoms with Crippen LogP contribution < -0.4 is 4.90 Å². The average Bonchev–Trinajstić information content (AvgIpc) is 3.33. The van der Waals surface area contributed by atoms with Gasteiger partial charge >= 0.3 is 23.9 Å². The summed E-state index contributed by atoms with van der Waals surface area (Å²) in [5.41, 5.74) is 2.51. The first-order chi connectivity index (χ1) is 32.9. The number of carbonyl (C=O) groups excluding carboxylic acids is 4. The SMILES string of the molecule is CCCCCCCCCCCCCCCCCCN(CCCCCCCCCCCCCCCCCC)c1cc2c3c(ccc4c5ccc6c7c(ccc(c1c34)c75)C(=O)OC6=O)C(=O)OC2=O. The maximum absolute atomic E-state index is 13.7. The first-order valence-corrected chi connectivity index (χ1v) is 27.5. The summed E-state index contributed by atoms with van der Waals surface area (Å²) in [7, 11) is 0. The molecular weight excluding hydrogens is 831 g/mol. The van der Waals surface area contributed by atoms with Crippen LogP contribution in [-0.4, -0.2) is 37.0 Å². The molecule has 0 saturated carbocycles. The van der Waals surface area contributed by atoms with E-state index < -0.39 is 23.9 Å². The van der Waals surface area contributed by atoms with Gasteiger partial charge in [-0.05, 0) is 58.7 Å². The molecule has 0 aliphatic carbocycles. The summed E-state index contributed by atoms with van der Waals surface area (Å²) >= 11 is 0. The van der Waals surface area contributed by atoms with Crippen LogP contribution in [0.3, 0.4) is 0 Å². The maximum atomic E-state index is 13.7. The van der Waals surface area contributed by atoms with E-state index in [0.717, 1.165) is 76.8 Å². The number of nitrogens with zero attached hydrogens (tertiary/aromatic N) is 1. The Kier molecular flexibility index (Phi) is 19.8. The molecule has 0 spiro atoms. The van der Waals surface area contributed by atoms with Crippen molar-refractivity contribution >= 4 is 72.7 Å². The Balaban J connectivity index is 1.04. The number of esters is 4. The minimum atomic E-state index is -0.639. The van der Waals surface area contributed by atoms with Crippen molar-refractivity contribution in [3.63, 3.8) is 0 Å². The van der Waals surface area contributed by atoms with Gasteiger partial charge in [0, 0.05) is 40.3 Å². The predicted octanol–water partition coefficient (Wildman–Crippen LogP) is 17.7. The summed E-state index contributed by atoms with van der Waals surface area (Å²) in [5, 5.41) is 6.54. The number of hydrogen-bond donors (Lipinski definition) is 0. The zero-order valence-electron chi connectivity index (χ0n) is 41.5. The highest BCUT2D eigenvalue weighted by Gasteiger charge is 2.34. The maximum Gasteiger partial charge on any atom is 0.346 e. The molecule has 0 unspecified atom stereocenters. The van der Waals surface area contributed by atoms with Crippen LogP contribution >= 0.6 is 0 Å². The Morgan fingerprint density at radius 1 is 0.313 bits per heavy atom. The van der Waals surface area contributed by atoms with Crippen molar-refractivity contribution in [2.45, 2.75) is 219 Å². The Morgan fingerprint density at radius 3 is 0.985 bits per heavy atom. The molecule has 7 nitrogen and oxygen atoms in total. The highest BCUT2D eigenvalue weighted by atomic mass is 16.6. The summed E-state index contributed by atoms with van der Waals surface area (Å²) in [4.78, 5) is 55.8. The molecule has 0 fully saturated rings. The lowest BCUT2D eigenvalue weighted by molar-refractivity contribution is 0.0373. The van der Waals surface area contributed by atoms with Crippen molar-refractivity contribution < 1.29 is 28.7 Å². The van der Waals surface area contributed by atoms with Gasteiger partial charge in [-0.3, -0.25) is 0 Å². The van der Waals surface area contributed by atoms with E-state index in [2.05, 4.69) is 18.7 Å². The Labute approximate surface area is 401 Å². The van der Waals surface area contributed by atoms with E-state index in [1.165, 1.54) is 180 Å². The number of fused-ring (bicyclic) bond motifs is 2. The molecule has 67 heavy (non-hydrogen) atoms. The lowest BCUT2D eigenvalue weighted by Crippen LogP contribution is -2.27. The molecule has 5 aromatic carbocycles. The molecule has 0 bridgehead atoms. The Hall–Kier alpha value is -4.52. The highest BCUT2D eigenvalue weighted by Crippen LogP contribution is 2.49. The number of hydrogen-bond acceptors (Lipinski definition) is 7. The third-order valence-electron chi connectivity index (χ3n) is 15.1. The van der Waals surface area contributed by atoms with Crippen molar-refractivity contribution in [2.75, 3.05) is 18.0 Å². The molecule has 7 rings (SSSR count). The van der Waals surface area contributed by atoms with Gasteiger partial charge in [-0.15, -0.1) is 0 Å². The van der Waals surface area contributed by atoms with Crippen LogP contribution in [0.4, 0.5) is 5.69 Å². The number of unbranched alkanes of at least 4 members (excludes halogenated alkanes) is 30. The molecule has 0 atom stereocenters. The van der Waals surface area contributed by atoms with Gasteiger partial charge in [0.25, 0.3) is 0 Å². The van der Waals surface area contributed by atoms with E-state index in [1.807, 2.05) is 24.3 Å². The van der Waals surface area contributed by atoms with Gasteiger partial charge in [-0.2, -0.15) is 0 Å². The van der Waals surface area contributed by atoms with Gasteiger partial charge in [0.1, 0.15) is 0 Å². The molecule has 5 aromatic rings. The van der Waals surface area contributed by atoms with E-state index in [1.54, 1.807) is 18.2 Å². The highest BCUT2D eigenvalue weighted by molar-refractivity contribution is 6.41. The number of benzene rings is 5. The van der Waals surface area contributed by atoms with Crippen molar-refractivity contribution in [1.82, 2.24) is 0 Å². The van der Waals surface area contributed by atoms with Crippen molar-refractivity contribution in [1.29, 1.82) is 0 Å². The fourth-order valence-corrected chi connectivity index (χ4v) is 11.3. The molecule has 7 heteroatoms. The minimum absolute atomic E-state index is 0.378. The van der Waals surface area contributed by atoms with Crippen LogP contribution in [0.1, 0.15) is 261 Å². The summed E-state index contributed by atoms with van der Waals surface area (Å²) < 4.78 is 10.5. The molecule has 2 heterocycles. The third-order valence-corrected chi connectivity index (χ3v) is 15.1. The molecular formula is C60H81NO6. The van der Waals surface area contributed by atoms with E-state index in [4.69, 9.17) is 9.47 Å². The van der Waals surface area contributed by atoms with E-state index >= 15 is 0 Å². The van der Waals surface area contributed by atoms with Crippen LogP contribution in [0, 0.1) is 0 Å². The van der Waals surface area contributed by atoms with Gasteiger partial charge in [-0.25, -0.2) is 19.2 Å². The van der Waals surface area contributed by atoms with Gasteiger partial charge in [-0.1, -0.05) is 225 Å². The second-order valence-corrected chi connectivity index (χ2v) is 20.2. The summed E-state index contributed by atoms with van der Waals surface area (Å²) in [6.07, 6.45) is 42.2. The number of anilines is 1. The summed E-state index contributed by atoms with van der Waals surface area (Å²) in [5.74, 6) is -2.53. The zero-order chi connectivity index (χ0) is 46.8. The standard InChI is InChI=1S/C60H81NO6/c1-3-5-7-9-11-13-15-17-19-21-23-25-27-29-31-33-41-61(42-34-32-30-28-26-24-22-20-18-16-14-12-10-8-6-4-2)51-43-50-54-49(59(64)67-60(50)65)39-36-45-44-35-38-47-53-48(58(63)66-57(47)62)40-37-46(52(44)53)55(51)56(45)54/h35-40,43H,3-34,41-42H2,1-2H3. The van der Waals surface area contributed by atoms with E-state index in [-0.39, 0.29) is 0 Å². The number of ether oxygens (including phenoxy) is 2. The molecule has 2 aliphatic rings. The first kappa shape index (κ1) is 50.4. The molecule has 0 radical (unpaired) electrons. The van der Waals surface area contributed by atoms with Crippen LogP contribution in [0.2, 0.25) is 0 Å². The van der Waals surface area contributed by atoms with Crippen LogP contribution in [0.15, 0.2) is 42.5 Å². The van der Waals surface area contributed by atoms with Crippen LogP contribution in [0.25, 0.3) is 43.1 Å². The van der Waals surface area contributed by atoms with E-state index in [0.29, 0.717) is 33.0 Å². The van der Waals surface area contributed by atoms with Crippen LogP contribution in [0.5, 0.6) is 0 Å². The second-order valence-electron chi connectivity index (χ2n) is 20.2. The smallest absolute Gasteiger partial charge is 0.346 e. The zero-order valence-corrected chi connectivity index (χ0v) is 41.5. The van der Waals surface area contributed by atoms with Gasteiger partial charge in [0.15, 0.2) is 0 Å². The molecule has 0 amide bonds. The number of carbonyl (C=O) groups is 4. The normalized spacial score (nSPS) is 13.5. The monoisotopic (exact) mass is 912 g/mol. The molecule has 2 aliphatic heterocycles.